The number of carbonyl (C=O) groups excluding carboxylic acids is 2. The van der Waals surface area contributed by atoms with E-state index >= 15 is 0 Å². The van der Waals surface area contributed by atoms with Gasteiger partial charge in [-0.15, -0.1) is 11.8 Å². The lowest BCUT2D eigenvalue weighted by atomic mass is 10.0. The Morgan fingerprint density at radius 2 is 2.10 bits per heavy atom. The predicted octanol–water partition coefficient (Wildman–Crippen LogP) is 1.54. The Morgan fingerprint density at radius 1 is 1.38 bits per heavy atom. The van der Waals surface area contributed by atoms with E-state index in [9.17, 15) is 28.1 Å². The minimum atomic E-state index is -4.16. The largest absolute Gasteiger partial charge is 0.455 e. The first kappa shape index (κ1) is 23.1. The fourth-order valence-electron chi connectivity index (χ4n) is 2.96. The Bertz CT molecular complexity index is 889. The van der Waals surface area contributed by atoms with Crippen molar-refractivity contribution in [3.05, 3.63) is 28.3 Å². The average Bonchev–Trinajstić information content (AvgIpc) is 2.70. The number of hydrogen-bond donors (Lipinski definition) is 1. The normalized spacial score (nSPS) is 17.0. The second kappa shape index (κ2) is 10.0. The van der Waals surface area contributed by atoms with Crippen LogP contribution in [0.4, 0.5) is 5.69 Å². The quantitative estimate of drug-likeness (QED) is 0.275. The fourth-order valence-corrected chi connectivity index (χ4v) is 4.50. The molecule has 0 unspecified atom stereocenters. The van der Waals surface area contributed by atoms with Crippen LogP contribution in [0.1, 0.15) is 26.2 Å². The molecule has 1 N–H and O–H groups in total. The number of benzene rings is 1. The molecule has 2 rings (SSSR count). The first-order chi connectivity index (χ1) is 13.7. The van der Waals surface area contributed by atoms with Crippen LogP contribution in [-0.2, 0) is 24.3 Å². The van der Waals surface area contributed by atoms with Crippen molar-refractivity contribution in [2.45, 2.75) is 42.0 Å². The molecular formula is C17H23N3O7S2. The van der Waals surface area contributed by atoms with Crippen LogP contribution in [0.15, 0.2) is 28.0 Å². The van der Waals surface area contributed by atoms with Crippen molar-refractivity contribution in [1.82, 2.24) is 9.62 Å². The fraction of sp³-hybridized carbons (Fsp3) is 0.529. The molecule has 1 aliphatic heterocycles. The Balaban J connectivity index is 1.92. The highest BCUT2D eigenvalue weighted by atomic mass is 32.2. The maximum atomic E-state index is 12.3. The van der Waals surface area contributed by atoms with E-state index in [0.717, 1.165) is 37.1 Å². The summed E-state index contributed by atoms with van der Waals surface area (Å²) in [5.41, 5.74) is -0.343. The minimum Gasteiger partial charge on any atom is -0.455 e. The number of amides is 1. The average molecular weight is 446 g/mol. The summed E-state index contributed by atoms with van der Waals surface area (Å²) in [6.45, 7) is 1.38. The monoisotopic (exact) mass is 445 g/mol. The highest BCUT2D eigenvalue weighted by molar-refractivity contribution is 7.98. The molecule has 1 aromatic carbocycles. The molecule has 0 aliphatic carbocycles. The SMILES string of the molecule is CSc1ccc(S(=O)(=O)NCC(=O)OCC(=O)N2CCCC[C@H]2C)cc1[N+](=O)[O-]. The second-order valence-corrected chi connectivity index (χ2v) is 9.12. The molecule has 160 valence electrons. The molecule has 10 nitrogen and oxygen atoms in total. The summed E-state index contributed by atoms with van der Waals surface area (Å²) in [7, 11) is -4.16. The number of thioether (sulfide) groups is 1. The number of rotatable bonds is 8. The van der Waals surface area contributed by atoms with Crippen molar-refractivity contribution in [1.29, 1.82) is 0 Å². The number of likely N-dealkylation sites (tertiary alicyclic amines) is 1. The molecule has 1 aliphatic rings. The minimum absolute atomic E-state index is 0.0773. The van der Waals surface area contributed by atoms with Gasteiger partial charge in [-0.05, 0) is 44.6 Å². The molecule has 0 bridgehead atoms. The summed E-state index contributed by atoms with van der Waals surface area (Å²) in [4.78, 5) is 36.0. The van der Waals surface area contributed by atoms with Gasteiger partial charge in [0.25, 0.3) is 11.6 Å². The lowest BCUT2D eigenvalue weighted by Gasteiger charge is -2.33. The number of ether oxygens (including phenoxy) is 1. The van der Waals surface area contributed by atoms with Gasteiger partial charge in [-0.2, -0.15) is 4.72 Å². The maximum Gasteiger partial charge on any atom is 0.321 e. The lowest BCUT2D eigenvalue weighted by molar-refractivity contribution is -0.388. The zero-order valence-electron chi connectivity index (χ0n) is 16.1. The van der Waals surface area contributed by atoms with Gasteiger partial charge in [-0.1, -0.05) is 0 Å². The summed E-state index contributed by atoms with van der Waals surface area (Å²) < 4.78 is 31.5. The highest BCUT2D eigenvalue weighted by Gasteiger charge is 2.25. The zero-order valence-corrected chi connectivity index (χ0v) is 17.8. The molecule has 1 amide bonds. The van der Waals surface area contributed by atoms with Crippen molar-refractivity contribution < 1.29 is 27.7 Å². The summed E-state index contributed by atoms with van der Waals surface area (Å²) in [5.74, 6) is -1.24. The molecule has 1 fully saturated rings. The van der Waals surface area contributed by atoms with Crippen LogP contribution in [-0.4, -0.2) is 62.1 Å². The molecular weight excluding hydrogens is 422 g/mol. The molecule has 0 radical (unpaired) electrons. The number of hydrogen-bond acceptors (Lipinski definition) is 8. The van der Waals surface area contributed by atoms with Crippen LogP contribution in [0.3, 0.4) is 0 Å². The molecule has 1 heterocycles. The summed E-state index contributed by atoms with van der Waals surface area (Å²) >= 11 is 1.12. The maximum absolute atomic E-state index is 12.3. The van der Waals surface area contributed by atoms with Crippen LogP contribution in [0.5, 0.6) is 0 Å². The van der Waals surface area contributed by atoms with Crippen LogP contribution in [0.25, 0.3) is 0 Å². The Kier molecular flexibility index (Phi) is 7.99. The summed E-state index contributed by atoms with van der Waals surface area (Å²) in [6, 6.07) is 3.55. The first-order valence-corrected chi connectivity index (χ1v) is 11.6. The Morgan fingerprint density at radius 3 is 2.72 bits per heavy atom. The van der Waals surface area contributed by atoms with Gasteiger partial charge in [0.15, 0.2) is 6.61 Å². The second-order valence-electron chi connectivity index (χ2n) is 6.51. The predicted molar refractivity (Wildman–Crippen MR) is 106 cm³/mol. The Hall–Kier alpha value is -2.18. The number of sulfonamides is 1. The van der Waals surface area contributed by atoms with E-state index in [0.29, 0.717) is 11.4 Å². The third-order valence-corrected chi connectivity index (χ3v) is 6.73. The van der Waals surface area contributed by atoms with Crippen LogP contribution in [0, 0.1) is 10.1 Å². The third kappa shape index (κ3) is 6.15. The summed E-state index contributed by atoms with van der Waals surface area (Å²) in [5, 5.41) is 11.1. The van der Waals surface area contributed by atoms with Crippen molar-refractivity contribution in [3.8, 4) is 0 Å². The van der Waals surface area contributed by atoms with Gasteiger partial charge in [0, 0.05) is 18.7 Å². The van der Waals surface area contributed by atoms with Gasteiger partial charge < -0.3 is 9.64 Å². The van der Waals surface area contributed by atoms with Gasteiger partial charge >= 0.3 is 5.97 Å². The molecule has 29 heavy (non-hydrogen) atoms. The standard InChI is InChI=1S/C17H23N3O7S2/c1-12-5-3-4-8-19(12)16(21)11-27-17(22)10-18-29(25,26)13-6-7-15(28-2)14(9-13)20(23)24/h6-7,9,12,18H,3-5,8,10-11H2,1-2H3/t12-/m1/s1. The van der Waals surface area contributed by atoms with Crippen molar-refractivity contribution in [2.24, 2.45) is 0 Å². The molecule has 0 spiro atoms. The number of nitrogens with one attached hydrogen (secondary N) is 1. The van der Waals surface area contributed by atoms with E-state index in [1.54, 1.807) is 11.2 Å². The lowest BCUT2D eigenvalue weighted by Crippen LogP contribution is -2.44. The van der Waals surface area contributed by atoms with E-state index in [1.807, 2.05) is 11.6 Å². The van der Waals surface area contributed by atoms with Gasteiger partial charge in [-0.3, -0.25) is 19.7 Å². The molecule has 0 saturated carbocycles. The van der Waals surface area contributed by atoms with Gasteiger partial charge in [0.05, 0.1) is 14.7 Å². The van der Waals surface area contributed by atoms with E-state index in [4.69, 9.17) is 4.74 Å². The molecule has 0 aromatic heterocycles. The van der Waals surface area contributed by atoms with E-state index in [-0.39, 0.29) is 22.5 Å². The number of esters is 1. The third-order valence-electron chi connectivity index (χ3n) is 4.54. The zero-order chi connectivity index (χ0) is 21.6. The number of piperidine rings is 1. The van der Waals surface area contributed by atoms with E-state index in [2.05, 4.69) is 0 Å². The number of nitro benzene ring substituents is 1. The van der Waals surface area contributed by atoms with Gasteiger partial charge in [-0.25, -0.2) is 8.42 Å². The topological polar surface area (TPSA) is 136 Å². The number of nitrogens with zero attached hydrogens (tertiary/aromatic N) is 2. The van der Waals surface area contributed by atoms with Gasteiger partial charge in [0.1, 0.15) is 6.54 Å². The first-order valence-electron chi connectivity index (χ1n) is 8.93. The van der Waals surface area contributed by atoms with E-state index < -0.39 is 34.1 Å². The molecule has 1 aromatic rings. The van der Waals surface area contributed by atoms with Gasteiger partial charge in [0.2, 0.25) is 10.0 Å². The Labute approximate surface area is 173 Å². The smallest absolute Gasteiger partial charge is 0.321 e. The van der Waals surface area contributed by atoms with Crippen LogP contribution in [0.2, 0.25) is 0 Å². The molecule has 1 atom stereocenters. The molecule has 12 heteroatoms. The van der Waals surface area contributed by atoms with Crippen LogP contribution < -0.4 is 4.72 Å². The molecule has 1 saturated heterocycles. The van der Waals surface area contributed by atoms with Crippen molar-refractivity contribution in [2.75, 3.05) is 26.0 Å². The number of nitro groups is 1. The summed E-state index contributed by atoms with van der Waals surface area (Å²) in [6.07, 6.45) is 4.46. The number of carbonyl (C=O) groups is 2. The highest BCUT2D eigenvalue weighted by Crippen LogP contribution is 2.29. The van der Waals surface area contributed by atoms with Crippen LogP contribution >= 0.6 is 11.8 Å². The van der Waals surface area contributed by atoms with Crippen molar-refractivity contribution in [3.63, 3.8) is 0 Å². The van der Waals surface area contributed by atoms with E-state index in [1.165, 1.54) is 12.1 Å². The van der Waals surface area contributed by atoms with Crippen molar-refractivity contribution >= 4 is 39.3 Å².